The summed E-state index contributed by atoms with van der Waals surface area (Å²) >= 11 is 1.80. The second-order valence-corrected chi connectivity index (χ2v) is 6.41. The summed E-state index contributed by atoms with van der Waals surface area (Å²) < 4.78 is 0. The largest absolute Gasteiger partial charge is 0.330 e. The van der Waals surface area contributed by atoms with Gasteiger partial charge in [-0.2, -0.15) is 0 Å². The van der Waals surface area contributed by atoms with E-state index in [0.717, 1.165) is 6.42 Å². The van der Waals surface area contributed by atoms with Crippen LogP contribution in [-0.4, -0.2) is 11.5 Å². The molecule has 0 unspecified atom stereocenters. The Balaban J connectivity index is 2.95. The lowest BCUT2D eigenvalue weighted by molar-refractivity contribution is 0.531. The Morgan fingerprint density at radius 3 is 2.47 bits per heavy atom. The van der Waals surface area contributed by atoms with Crippen molar-refractivity contribution in [2.45, 2.75) is 46.5 Å². The molecule has 0 saturated carbocycles. The fourth-order valence-electron chi connectivity index (χ4n) is 1.38. The number of hydrogen-bond donors (Lipinski definition) is 1. The van der Waals surface area contributed by atoms with Crippen LogP contribution < -0.4 is 5.73 Å². The predicted molar refractivity (Wildman–Crippen MR) is 67.5 cm³/mol. The molecule has 0 aliphatic rings. The highest BCUT2D eigenvalue weighted by Crippen LogP contribution is 2.29. The first kappa shape index (κ1) is 12.7. The Bertz CT molecular complexity index is 326. The van der Waals surface area contributed by atoms with E-state index in [0.29, 0.717) is 12.5 Å². The van der Waals surface area contributed by atoms with Crippen LogP contribution in [0.1, 0.15) is 43.3 Å². The van der Waals surface area contributed by atoms with Gasteiger partial charge in [0.2, 0.25) is 0 Å². The molecule has 0 fully saturated rings. The molecule has 0 bridgehead atoms. The number of rotatable bonds is 4. The van der Waals surface area contributed by atoms with E-state index in [2.05, 4.69) is 34.6 Å². The molecule has 1 rings (SSSR count). The highest BCUT2D eigenvalue weighted by atomic mass is 32.1. The fourth-order valence-corrected chi connectivity index (χ4v) is 2.43. The molecule has 0 atom stereocenters. The third-order valence-electron chi connectivity index (χ3n) is 2.58. The molecule has 2 nitrogen and oxygen atoms in total. The minimum absolute atomic E-state index is 0.0185. The second kappa shape index (κ2) is 4.62. The Labute approximate surface area is 96.9 Å². The molecule has 3 heteroatoms. The van der Waals surface area contributed by atoms with Crippen LogP contribution in [0.25, 0.3) is 0 Å². The molecular weight excluding hydrogens is 204 g/mol. The van der Waals surface area contributed by atoms with Gasteiger partial charge in [0.25, 0.3) is 0 Å². The van der Waals surface area contributed by atoms with Crippen molar-refractivity contribution >= 4 is 11.3 Å². The molecule has 0 saturated heterocycles. The first-order valence-electron chi connectivity index (χ1n) is 5.53. The molecule has 0 aliphatic heterocycles. The van der Waals surface area contributed by atoms with Gasteiger partial charge in [0.05, 0.1) is 10.7 Å². The number of nitrogens with two attached hydrogens (primary N) is 1. The van der Waals surface area contributed by atoms with Gasteiger partial charge >= 0.3 is 0 Å². The molecule has 0 aromatic carbocycles. The first-order chi connectivity index (χ1) is 6.86. The molecule has 0 aliphatic carbocycles. The Morgan fingerprint density at radius 1 is 1.40 bits per heavy atom. The maximum atomic E-state index is 5.77. The van der Waals surface area contributed by atoms with Crippen molar-refractivity contribution in [3.63, 3.8) is 0 Å². The summed E-state index contributed by atoms with van der Waals surface area (Å²) in [5, 5.41) is 1.18. The third kappa shape index (κ3) is 3.02. The summed E-state index contributed by atoms with van der Waals surface area (Å²) in [6.07, 6.45) is 1.07. The molecule has 2 N–H and O–H groups in total. The zero-order chi connectivity index (χ0) is 11.6. The standard InChI is InChI=1S/C12H22N2S/c1-8(2)6-10-9(3)15-11(14-10)12(4,5)7-13/h8H,6-7,13H2,1-5H3. The van der Waals surface area contributed by atoms with Crippen LogP contribution in [0.15, 0.2) is 0 Å². The van der Waals surface area contributed by atoms with Gasteiger partial charge in [0, 0.05) is 16.8 Å². The van der Waals surface area contributed by atoms with Crippen molar-refractivity contribution in [1.29, 1.82) is 0 Å². The Kier molecular flexibility index (Phi) is 3.90. The van der Waals surface area contributed by atoms with Gasteiger partial charge in [-0.3, -0.25) is 0 Å². The second-order valence-electron chi connectivity index (χ2n) is 5.21. The van der Waals surface area contributed by atoms with E-state index in [4.69, 9.17) is 10.7 Å². The van der Waals surface area contributed by atoms with Gasteiger partial charge in [-0.25, -0.2) is 4.98 Å². The summed E-state index contributed by atoms with van der Waals surface area (Å²) in [5.41, 5.74) is 7.04. The van der Waals surface area contributed by atoms with Crippen molar-refractivity contribution in [1.82, 2.24) is 4.98 Å². The van der Waals surface area contributed by atoms with Crippen LogP contribution in [0.3, 0.4) is 0 Å². The summed E-state index contributed by atoms with van der Waals surface area (Å²) in [7, 11) is 0. The maximum Gasteiger partial charge on any atom is 0.0999 e. The SMILES string of the molecule is Cc1sc(C(C)(C)CN)nc1CC(C)C. The Morgan fingerprint density at radius 2 is 2.00 bits per heavy atom. The van der Waals surface area contributed by atoms with Gasteiger partial charge < -0.3 is 5.73 Å². The molecule has 1 aromatic heterocycles. The smallest absolute Gasteiger partial charge is 0.0999 e. The molecule has 86 valence electrons. The number of thiazole rings is 1. The number of aryl methyl sites for hydroxylation is 1. The van der Waals surface area contributed by atoms with Crippen molar-refractivity contribution in [3.8, 4) is 0 Å². The monoisotopic (exact) mass is 226 g/mol. The van der Waals surface area contributed by atoms with E-state index in [1.807, 2.05) is 0 Å². The topological polar surface area (TPSA) is 38.9 Å². The molecule has 0 amide bonds. The first-order valence-corrected chi connectivity index (χ1v) is 6.35. The van der Waals surface area contributed by atoms with E-state index in [1.165, 1.54) is 15.6 Å². The van der Waals surface area contributed by atoms with Crippen LogP contribution in [0.5, 0.6) is 0 Å². The maximum absolute atomic E-state index is 5.77. The van der Waals surface area contributed by atoms with Crippen molar-refractivity contribution in [2.24, 2.45) is 11.7 Å². The molecule has 1 heterocycles. The highest BCUT2D eigenvalue weighted by Gasteiger charge is 2.23. The molecule has 0 spiro atoms. The normalized spacial score (nSPS) is 12.5. The van der Waals surface area contributed by atoms with Crippen LogP contribution in [0, 0.1) is 12.8 Å². The quantitative estimate of drug-likeness (QED) is 0.857. The van der Waals surface area contributed by atoms with E-state index in [-0.39, 0.29) is 5.41 Å². The highest BCUT2D eigenvalue weighted by molar-refractivity contribution is 7.11. The van der Waals surface area contributed by atoms with Crippen molar-refractivity contribution < 1.29 is 0 Å². The lowest BCUT2D eigenvalue weighted by Gasteiger charge is -2.18. The number of nitrogens with zero attached hydrogens (tertiary/aromatic N) is 1. The average molecular weight is 226 g/mol. The van der Waals surface area contributed by atoms with E-state index >= 15 is 0 Å². The van der Waals surface area contributed by atoms with Crippen molar-refractivity contribution in [3.05, 3.63) is 15.6 Å². The summed E-state index contributed by atoms with van der Waals surface area (Å²) in [6, 6.07) is 0. The van der Waals surface area contributed by atoms with E-state index in [9.17, 15) is 0 Å². The van der Waals surface area contributed by atoms with E-state index in [1.54, 1.807) is 11.3 Å². The molecule has 15 heavy (non-hydrogen) atoms. The zero-order valence-electron chi connectivity index (χ0n) is 10.4. The van der Waals surface area contributed by atoms with Gasteiger partial charge in [-0.15, -0.1) is 11.3 Å². The van der Waals surface area contributed by atoms with Gasteiger partial charge in [-0.1, -0.05) is 27.7 Å². The summed E-state index contributed by atoms with van der Waals surface area (Å²) in [4.78, 5) is 6.08. The minimum Gasteiger partial charge on any atom is -0.330 e. The average Bonchev–Trinajstić information content (AvgIpc) is 2.48. The summed E-state index contributed by atoms with van der Waals surface area (Å²) in [5.74, 6) is 0.666. The lowest BCUT2D eigenvalue weighted by Crippen LogP contribution is -2.27. The van der Waals surface area contributed by atoms with Gasteiger partial charge in [0.1, 0.15) is 0 Å². The van der Waals surface area contributed by atoms with Gasteiger partial charge in [-0.05, 0) is 19.3 Å². The Hall–Kier alpha value is -0.410. The van der Waals surface area contributed by atoms with Crippen LogP contribution in [-0.2, 0) is 11.8 Å². The molecule has 1 aromatic rings. The zero-order valence-corrected chi connectivity index (χ0v) is 11.2. The number of aromatic nitrogens is 1. The van der Waals surface area contributed by atoms with Crippen molar-refractivity contribution in [2.75, 3.05) is 6.54 Å². The van der Waals surface area contributed by atoms with Gasteiger partial charge in [0.15, 0.2) is 0 Å². The molecular formula is C12H22N2S. The minimum atomic E-state index is 0.0185. The summed E-state index contributed by atoms with van der Waals surface area (Å²) in [6.45, 7) is 11.6. The number of hydrogen-bond acceptors (Lipinski definition) is 3. The van der Waals surface area contributed by atoms with Crippen LogP contribution in [0.2, 0.25) is 0 Å². The van der Waals surface area contributed by atoms with Crippen LogP contribution in [0.4, 0.5) is 0 Å². The third-order valence-corrected chi connectivity index (χ3v) is 3.96. The predicted octanol–water partition coefficient (Wildman–Crippen LogP) is 2.89. The van der Waals surface area contributed by atoms with Crippen LogP contribution >= 0.6 is 11.3 Å². The van der Waals surface area contributed by atoms with E-state index < -0.39 is 0 Å². The fraction of sp³-hybridized carbons (Fsp3) is 0.750. The lowest BCUT2D eigenvalue weighted by atomic mass is 9.95. The molecule has 0 radical (unpaired) electrons.